The van der Waals surface area contributed by atoms with Crippen molar-refractivity contribution < 1.29 is 27.4 Å². The van der Waals surface area contributed by atoms with E-state index in [1.807, 2.05) is 6.92 Å². The number of piperidine rings is 1. The summed E-state index contributed by atoms with van der Waals surface area (Å²) >= 11 is 0. The van der Waals surface area contributed by atoms with Crippen molar-refractivity contribution in [2.45, 2.75) is 37.2 Å². The van der Waals surface area contributed by atoms with E-state index in [-0.39, 0.29) is 11.0 Å². The van der Waals surface area contributed by atoms with Gasteiger partial charge < -0.3 is 9.84 Å². The summed E-state index contributed by atoms with van der Waals surface area (Å²) in [6.07, 6.45) is 2.13. The van der Waals surface area contributed by atoms with Crippen LogP contribution < -0.4 is 0 Å². The lowest BCUT2D eigenvalue weighted by molar-refractivity contribution is 0.0216. The fourth-order valence-electron chi connectivity index (χ4n) is 2.50. The SMILES string of the molecule is CCCOC1CCN(S(=O)(=O)c2ccc(F)c(C(=O)O)c2)CC1. The van der Waals surface area contributed by atoms with E-state index < -0.39 is 27.4 Å². The highest BCUT2D eigenvalue weighted by atomic mass is 32.2. The van der Waals surface area contributed by atoms with E-state index in [1.54, 1.807) is 0 Å². The Bertz CT molecular complexity index is 668. The normalized spacial score (nSPS) is 17.3. The molecule has 0 atom stereocenters. The van der Waals surface area contributed by atoms with Gasteiger partial charge in [-0.05, 0) is 37.5 Å². The smallest absolute Gasteiger partial charge is 0.338 e. The van der Waals surface area contributed by atoms with Crippen LogP contribution in [0.2, 0.25) is 0 Å². The van der Waals surface area contributed by atoms with Crippen molar-refractivity contribution >= 4 is 16.0 Å². The topological polar surface area (TPSA) is 83.9 Å². The molecule has 1 heterocycles. The molecule has 1 aliphatic heterocycles. The number of hydrogen-bond acceptors (Lipinski definition) is 4. The average molecular weight is 345 g/mol. The summed E-state index contributed by atoms with van der Waals surface area (Å²) < 4.78 is 45.4. The lowest BCUT2D eigenvalue weighted by atomic mass is 10.1. The first-order valence-corrected chi connectivity index (χ1v) is 8.95. The summed E-state index contributed by atoms with van der Waals surface area (Å²) in [5.41, 5.74) is -0.646. The van der Waals surface area contributed by atoms with Crippen LogP contribution in [0.4, 0.5) is 4.39 Å². The first kappa shape index (κ1) is 17.8. The summed E-state index contributed by atoms with van der Waals surface area (Å²) in [4.78, 5) is 10.8. The molecule has 0 spiro atoms. The van der Waals surface area contributed by atoms with E-state index in [2.05, 4.69) is 0 Å². The highest BCUT2D eigenvalue weighted by Crippen LogP contribution is 2.23. The maximum absolute atomic E-state index is 13.4. The zero-order chi connectivity index (χ0) is 17.0. The van der Waals surface area contributed by atoms with Crippen molar-refractivity contribution in [2.75, 3.05) is 19.7 Å². The lowest BCUT2D eigenvalue weighted by Crippen LogP contribution is -2.41. The van der Waals surface area contributed by atoms with Crippen molar-refractivity contribution in [1.29, 1.82) is 0 Å². The van der Waals surface area contributed by atoms with Crippen LogP contribution >= 0.6 is 0 Å². The van der Waals surface area contributed by atoms with Gasteiger partial charge in [0.05, 0.1) is 16.6 Å². The summed E-state index contributed by atoms with van der Waals surface area (Å²) in [6, 6.07) is 2.83. The van der Waals surface area contributed by atoms with Crippen molar-refractivity contribution in [3.05, 3.63) is 29.6 Å². The van der Waals surface area contributed by atoms with Gasteiger partial charge in [0.2, 0.25) is 10.0 Å². The maximum atomic E-state index is 13.4. The van der Waals surface area contributed by atoms with E-state index in [1.165, 1.54) is 4.31 Å². The van der Waals surface area contributed by atoms with Gasteiger partial charge in [0.1, 0.15) is 5.82 Å². The maximum Gasteiger partial charge on any atom is 0.338 e. The van der Waals surface area contributed by atoms with Crippen molar-refractivity contribution in [3.8, 4) is 0 Å². The zero-order valence-corrected chi connectivity index (χ0v) is 13.7. The van der Waals surface area contributed by atoms with Crippen LogP contribution in [0.1, 0.15) is 36.5 Å². The fraction of sp³-hybridized carbons (Fsp3) is 0.533. The van der Waals surface area contributed by atoms with Crippen LogP contribution in [0.25, 0.3) is 0 Å². The number of aromatic carboxylic acids is 1. The molecule has 2 rings (SSSR count). The van der Waals surface area contributed by atoms with E-state index >= 15 is 0 Å². The Morgan fingerprint density at radius 2 is 2.04 bits per heavy atom. The van der Waals surface area contributed by atoms with Crippen LogP contribution in [0.5, 0.6) is 0 Å². The van der Waals surface area contributed by atoms with Gasteiger partial charge >= 0.3 is 5.97 Å². The molecule has 0 aromatic heterocycles. The second-order valence-electron chi connectivity index (χ2n) is 5.42. The molecule has 0 unspecified atom stereocenters. The first-order valence-electron chi connectivity index (χ1n) is 7.51. The molecule has 23 heavy (non-hydrogen) atoms. The number of sulfonamides is 1. The molecule has 0 bridgehead atoms. The molecule has 1 aromatic rings. The second kappa shape index (κ2) is 7.37. The molecule has 0 aliphatic carbocycles. The molecule has 8 heteroatoms. The molecular weight excluding hydrogens is 325 g/mol. The van der Waals surface area contributed by atoms with E-state index in [0.29, 0.717) is 32.5 Å². The molecule has 1 fully saturated rings. The Morgan fingerprint density at radius 3 is 2.61 bits per heavy atom. The third-order valence-corrected chi connectivity index (χ3v) is 5.66. The highest BCUT2D eigenvalue weighted by Gasteiger charge is 2.30. The Hall–Kier alpha value is -1.51. The number of carboxylic acids is 1. The van der Waals surface area contributed by atoms with Gasteiger partial charge in [-0.1, -0.05) is 6.92 Å². The van der Waals surface area contributed by atoms with Gasteiger partial charge in [-0.2, -0.15) is 4.31 Å². The van der Waals surface area contributed by atoms with Crippen LogP contribution in [-0.4, -0.2) is 49.6 Å². The number of ether oxygens (including phenoxy) is 1. The first-order chi connectivity index (χ1) is 10.9. The minimum atomic E-state index is -3.83. The van der Waals surface area contributed by atoms with Gasteiger partial charge in [-0.25, -0.2) is 17.6 Å². The quantitative estimate of drug-likeness (QED) is 0.854. The van der Waals surface area contributed by atoms with Gasteiger partial charge in [-0.3, -0.25) is 0 Å². The minimum Gasteiger partial charge on any atom is -0.478 e. The number of rotatable bonds is 6. The molecule has 0 saturated carbocycles. The van der Waals surface area contributed by atoms with Gasteiger partial charge in [0.15, 0.2) is 0 Å². The van der Waals surface area contributed by atoms with Crippen molar-refractivity contribution in [2.24, 2.45) is 0 Å². The van der Waals surface area contributed by atoms with Crippen LogP contribution in [0.3, 0.4) is 0 Å². The molecule has 1 aromatic carbocycles. The number of carbonyl (C=O) groups is 1. The molecule has 1 N–H and O–H groups in total. The summed E-state index contributed by atoms with van der Waals surface area (Å²) in [6.45, 7) is 3.26. The third-order valence-electron chi connectivity index (χ3n) is 3.76. The Morgan fingerprint density at radius 1 is 1.39 bits per heavy atom. The number of halogens is 1. The highest BCUT2D eigenvalue weighted by molar-refractivity contribution is 7.89. The fourth-order valence-corrected chi connectivity index (χ4v) is 4.00. The second-order valence-corrected chi connectivity index (χ2v) is 7.36. The molecule has 0 radical (unpaired) electrons. The van der Waals surface area contributed by atoms with Crippen LogP contribution in [0.15, 0.2) is 23.1 Å². The Labute approximate surface area is 134 Å². The van der Waals surface area contributed by atoms with Gasteiger partial charge in [0, 0.05) is 19.7 Å². The molecule has 1 saturated heterocycles. The summed E-state index contributed by atoms with van der Waals surface area (Å²) in [5.74, 6) is -2.45. The predicted octanol–water partition coefficient (Wildman–Crippen LogP) is 2.10. The zero-order valence-electron chi connectivity index (χ0n) is 12.9. The average Bonchev–Trinajstić information content (AvgIpc) is 2.53. The monoisotopic (exact) mass is 345 g/mol. The molecule has 128 valence electrons. The number of carboxylic acid groups (broad SMARTS) is 1. The molecular formula is C15H20FNO5S. The number of nitrogens with zero attached hydrogens (tertiary/aromatic N) is 1. The number of hydrogen-bond donors (Lipinski definition) is 1. The largest absolute Gasteiger partial charge is 0.478 e. The van der Waals surface area contributed by atoms with Crippen molar-refractivity contribution in [3.63, 3.8) is 0 Å². The Kier molecular flexibility index (Phi) is 5.72. The lowest BCUT2D eigenvalue weighted by Gasteiger charge is -2.31. The van der Waals surface area contributed by atoms with E-state index in [0.717, 1.165) is 24.6 Å². The third kappa shape index (κ3) is 4.07. The Balaban J connectivity index is 2.14. The molecule has 0 amide bonds. The number of benzene rings is 1. The van der Waals surface area contributed by atoms with Crippen molar-refractivity contribution in [1.82, 2.24) is 4.31 Å². The molecule has 6 nitrogen and oxygen atoms in total. The summed E-state index contributed by atoms with van der Waals surface area (Å²) in [5, 5.41) is 8.92. The van der Waals surface area contributed by atoms with Crippen LogP contribution in [0, 0.1) is 5.82 Å². The predicted molar refractivity (Wildman–Crippen MR) is 81.4 cm³/mol. The molecule has 1 aliphatic rings. The van der Waals surface area contributed by atoms with Crippen LogP contribution in [-0.2, 0) is 14.8 Å². The van der Waals surface area contributed by atoms with E-state index in [9.17, 15) is 17.6 Å². The summed E-state index contributed by atoms with van der Waals surface area (Å²) in [7, 11) is -3.83. The minimum absolute atomic E-state index is 0.0456. The van der Waals surface area contributed by atoms with E-state index in [4.69, 9.17) is 9.84 Å². The standard InChI is InChI=1S/C15H20FNO5S/c1-2-9-22-11-5-7-17(8-6-11)23(20,21)12-3-4-14(16)13(10-12)15(18)19/h3-4,10-11H,2,5-9H2,1H3,(H,18,19). The van der Waals surface area contributed by atoms with Gasteiger partial charge in [-0.15, -0.1) is 0 Å². The van der Waals surface area contributed by atoms with Gasteiger partial charge in [0.25, 0.3) is 0 Å².